The normalized spacial score (nSPS) is 13.2. The van der Waals surface area contributed by atoms with Crippen LogP contribution in [0.5, 0.6) is 5.75 Å². The second-order valence-electron chi connectivity index (χ2n) is 6.69. The largest absolute Gasteiger partial charge is 0.488 e. The number of alkyl halides is 1. The molecule has 0 bridgehead atoms. The van der Waals surface area contributed by atoms with Crippen LogP contribution in [0.2, 0.25) is 0 Å². The zero-order valence-corrected chi connectivity index (χ0v) is 17.3. The summed E-state index contributed by atoms with van der Waals surface area (Å²) in [5, 5.41) is 0.592. The van der Waals surface area contributed by atoms with Crippen molar-refractivity contribution in [2.24, 2.45) is 0 Å². The fourth-order valence-electron chi connectivity index (χ4n) is 2.87. The van der Waals surface area contributed by atoms with Crippen LogP contribution in [0.4, 0.5) is 8.78 Å². The molecule has 0 radical (unpaired) electrons. The third kappa shape index (κ3) is 4.42. The molecule has 0 saturated heterocycles. The van der Waals surface area contributed by atoms with E-state index in [9.17, 15) is 8.78 Å². The first-order valence-corrected chi connectivity index (χ1v) is 9.97. The van der Waals surface area contributed by atoms with Gasteiger partial charge in [-0.1, -0.05) is 64.5 Å². The zero-order valence-electron chi connectivity index (χ0n) is 15.7. The first-order chi connectivity index (χ1) is 13.5. The molecule has 0 aliphatic rings. The SMILES string of the molecule is COC(C)(CBr)c1cccc(-c2cc(F)c(F)cc2OCc2ccccc2)c1. The third-order valence-corrected chi connectivity index (χ3v) is 5.82. The van der Waals surface area contributed by atoms with Gasteiger partial charge >= 0.3 is 0 Å². The topological polar surface area (TPSA) is 18.5 Å². The predicted molar refractivity (Wildman–Crippen MR) is 111 cm³/mol. The van der Waals surface area contributed by atoms with Crippen LogP contribution >= 0.6 is 15.9 Å². The van der Waals surface area contributed by atoms with E-state index in [2.05, 4.69) is 15.9 Å². The molecule has 0 saturated carbocycles. The maximum Gasteiger partial charge on any atom is 0.162 e. The van der Waals surface area contributed by atoms with Crippen LogP contribution in [-0.4, -0.2) is 12.4 Å². The van der Waals surface area contributed by atoms with Crippen molar-refractivity contribution in [2.45, 2.75) is 19.1 Å². The van der Waals surface area contributed by atoms with Gasteiger partial charge in [-0.2, -0.15) is 0 Å². The molecule has 1 atom stereocenters. The van der Waals surface area contributed by atoms with Crippen LogP contribution in [-0.2, 0) is 16.9 Å². The first-order valence-electron chi connectivity index (χ1n) is 8.84. The van der Waals surface area contributed by atoms with E-state index in [0.29, 0.717) is 10.9 Å². The second-order valence-corrected chi connectivity index (χ2v) is 7.25. The summed E-state index contributed by atoms with van der Waals surface area (Å²) in [5.74, 6) is -1.56. The molecule has 28 heavy (non-hydrogen) atoms. The number of hydrogen-bond donors (Lipinski definition) is 0. The smallest absolute Gasteiger partial charge is 0.162 e. The minimum atomic E-state index is -0.940. The van der Waals surface area contributed by atoms with Gasteiger partial charge < -0.3 is 9.47 Å². The van der Waals surface area contributed by atoms with Crippen molar-refractivity contribution in [1.29, 1.82) is 0 Å². The molecular formula is C23H21BrF2O2. The number of methoxy groups -OCH3 is 1. The maximum atomic E-state index is 14.0. The molecule has 0 aliphatic carbocycles. The summed E-state index contributed by atoms with van der Waals surface area (Å²) in [5.41, 5.74) is 2.54. The Morgan fingerprint density at radius 1 is 0.929 bits per heavy atom. The van der Waals surface area contributed by atoms with E-state index in [4.69, 9.17) is 9.47 Å². The number of halogens is 3. The Kier molecular flexibility index (Phi) is 6.47. The lowest BCUT2D eigenvalue weighted by molar-refractivity contribution is 0.0248. The molecule has 146 valence electrons. The van der Waals surface area contributed by atoms with Gasteiger partial charge in [0, 0.05) is 24.1 Å². The van der Waals surface area contributed by atoms with E-state index in [1.54, 1.807) is 7.11 Å². The highest BCUT2D eigenvalue weighted by Crippen LogP contribution is 2.36. The number of rotatable bonds is 7. The third-order valence-electron chi connectivity index (χ3n) is 4.75. The molecule has 3 aromatic carbocycles. The lowest BCUT2D eigenvalue weighted by atomic mass is 9.93. The van der Waals surface area contributed by atoms with Gasteiger partial charge in [-0.3, -0.25) is 0 Å². The van der Waals surface area contributed by atoms with Crippen molar-refractivity contribution in [1.82, 2.24) is 0 Å². The molecule has 0 amide bonds. The standard InChI is InChI=1S/C23H21BrF2O2/c1-23(15-24,27-2)18-10-6-9-17(11-18)19-12-20(25)21(26)13-22(19)28-14-16-7-4-3-5-8-16/h3-13H,14-15H2,1-2H3. The van der Waals surface area contributed by atoms with E-state index < -0.39 is 17.2 Å². The lowest BCUT2D eigenvalue weighted by Gasteiger charge is -2.27. The molecule has 0 fully saturated rings. The van der Waals surface area contributed by atoms with Gasteiger partial charge in [-0.25, -0.2) is 8.78 Å². The monoisotopic (exact) mass is 446 g/mol. The summed E-state index contributed by atoms with van der Waals surface area (Å²) in [6, 6.07) is 19.4. The van der Waals surface area contributed by atoms with Crippen LogP contribution in [0, 0.1) is 11.6 Å². The van der Waals surface area contributed by atoms with E-state index >= 15 is 0 Å². The van der Waals surface area contributed by atoms with Gasteiger partial charge in [0.05, 0.1) is 5.60 Å². The second kappa shape index (κ2) is 8.84. The molecule has 3 rings (SSSR count). The fraction of sp³-hybridized carbons (Fsp3) is 0.217. The quantitative estimate of drug-likeness (QED) is 0.387. The lowest BCUT2D eigenvalue weighted by Crippen LogP contribution is -2.26. The maximum absolute atomic E-state index is 14.0. The van der Waals surface area contributed by atoms with Crippen molar-refractivity contribution < 1.29 is 18.3 Å². The Balaban J connectivity index is 2.00. The molecule has 0 heterocycles. The van der Waals surface area contributed by atoms with Gasteiger partial charge in [-0.15, -0.1) is 0 Å². The Morgan fingerprint density at radius 3 is 2.32 bits per heavy atom. The molecule has 0 aromatic heterocycles. The molecular weight excluding hydrogens is 426 g/mol. The Hall–Kier alpha value is -2.24. The summed E-state index contributed by atoms with van der Waals surface area (Å²) in [7, 11) is 1.64. The highest BCUT2D eigenvalue weighted by Gasteiger charge is 2.25. The summed E-state index contributed by atoms with van der Waals surface area (Å²) in [4.78, 5) is 0. The molecule has 2 nitrogen and oxygen atoms in total. The van der Waals surface area contributed by atoms with E-state index in [-0.39, 0.29) is 12.4 Å². The van der Waals surface area contributed by atoms with E-state index in [0.717, 1.165) is 22.8 Å². The fourth-order valence-corrected chi connectivity index (χ4v) is 3.43. The van der Waals surface area contributed by atoms with Gasteiger partial charge in [0.1, 0.15) is 12.4 Å². The minimum absolute atomic E-state index is 0.260. The average molecular weight is 447 g/mol. The Bertz CT molecular complexity index is 941. The van der Waals surface area contributed by atoms with E-state index in [1.807, 2.05) is 61.5 Å². The van der Waals surface area contributed by atoms with Gasteiger partial charge in [0.2, 0.25) is 0 Å². The van der Waals surface area contributed by atoms with Crippen molar-refractivity contribution in [3.05, 3.63) is 89.5 Å². The van der Waals surface area contributed by atoms with Gasteiger partial charge in [0.15, 0.2) is 11.6 Å². The Labute approximate surface area is 172 Å². The van der Waals surface area contributed by atoms with Crippen molar-refractivity contribution in [3.8, 4) is 16.9 Å². The average Bonchev–Trinajstić information content (AvgIpc) is 2.74. The summed E-state index contributed by atoms with van der Waals surface area (Å²) >= 11 is 3.48. The van der Waals surface area contributed by atoms with Crippen LogP contribution in [0.25, 0.3) is 11.1 Å². The van der Waals surface area contributed by atoms with Crippen LogP contribution in [0.15, 0.2) is 66.7 Å². The van der Waals surface area contributed by atoms with Crippen molar-refractivity contribution >= 4 is 15.9 Å². The highest BCUT2D eigenvalue weighted by atomic mass is 79.9. The van der Waals surface area contributed by atoms with Crippen LogP contribution in [0.1, 0.15) is 18.1 Å². The zero-order chi connectivity index (χ0) is 20.1. The van der Waals surface area contributed by atoms with Crippen LogP contribution in [0.3, 0.4) is 0 Å². The van der Waals surface area contributed by atoms with E-state index in [1.165, 1.54) is 6.07 Å². The summed E-state index contributed by atoms with van der Waals surface area (Å²) in [6.07, 6.45) is 0. The summed E-state index contributed by atoms with van der Waals surface area (Å²) in [6.45, 7) is 2.22. The van der Waals surface area contributed by atoms with Gasteiger partial charge in [0.25, 0.3) is 0 Å². The van der Waals surface area contributed by atoms with Crippen LogP contribution < -0.4 is 4.74 Å². The molecule has 0 spiro atoms. The molecule has 1 unspecified atom stereocenters. The highest BCUT2D eigenvalue weighted by molar-refractivity contribution is 9.09. The molecule has 0 aliphatic heterocycles. The number of hydrogen-bond acceptors (Lipinski definition) is 2. The minimum Gasteiger partial charge on any atom is -0.488 e. The van der Waals surface area contributed by atoms with Gasteiger partial charge in [-0.05, 0) is 35.7 Å². The molecule has 3 aromatic rings. The van der Waals surface area contributed by atoms with Crippen molar-refractivity contribution in [3.63, 3.8) is 0 Å². The molecule has 5 heteroatoms. The number of benzene rings is 3. The summed E-state index contributed by atoms with van der Waals surface area (Å²) < 4.78 is 39.4. The predicted octanol–water partition coefficient (Wildman–Crippen LogP) is 6.47. The number of ether oxygens (including phenoxy) is 2. The first kappa shape index (κ1) is 20.5. The van der Waals surface area contributed by atoms with Crippen molar-refractivity contribution in [2.75, 3.05) is 12.4 Å². The Morgan fingerprint density at radius 2 is 1.64 bits per heavy atom. The molecule has 0 N–H and O–H groups in total.